The third kappa shape index (κ3) is 28.4. The number of ether oxygens (including phenoxy) is 2. The maximum Gasteiger partial charge on any atom is 0.472 e. The molecule has 14 nitrogen and oxygen atoms in total. The van der Waals surface area contributed by atoms with E-state index in [2.05, 4.69) is 29.7 Å². The zero-order valence-corrected chi connectivity index (χ0v) is 39.2. The highest BCUT2D eigenvalue weighted by molar-refractivity contribution is 8.00. The molecule has 2 aliphatic heterocycles. The number of carbonyl (C=O) groups excluding carboxylic acids is 4. The predicted octanol–water partition coefficient (Wildman–Crippen LogP) is 9.09. The lowest BCUT2D eigenvalue weighted by atomic mass is 9.98. The van der Waals surface area contributed by atoms with Crippen molar-refractivity contribution in [1.82, 2.24) is 10.6 Å². The molecule has 0 aromatic rings. The molecular formula is C45H83N4O10PS. The zero-order chi connectivity index (χ0) is 44.4. The van der Waals surface area contributed by atoms with Crippen molar-refractivity contribution in [2.24, 2.45) is 11.5 Å². The first kappa shape index (κ1) is 55.1. The Morgan fingerprint density at radius 2 is 1.34 bits per heavy atom. The minimum Gasteiger partial charge on any atom is -0.462 e. The minimum atomic E-state index is -4.42. The predicted molar refractivity (Wildman–Crippen MR) is 244 cm³/mol. The molecule has 2 fully saturated rings. The van der Waals surface area contributed by atoms with Gasteiger partial charge >= 0.3 is 25.8 Å². The molecule has 6 atom stereocenters. The number of fused-ring (bicyclic) bond motifs is 1. The quantitative estimate of drug-likeness (QED) is 0.0127. The van der Waals surface area contributed by atoms with Gasteiger partial charge in [-0.3, -0.25) is 23.4 Å². The Morgan fingerprint density at radius 3 is 1.98 bits per heavy atom. The molecule has 0 aromatic carbocycles. The molecule has 3 unspecified atom stereocenters. The second-order valence-electron chi connectivity index (χ2n) is 16.8. The summed E-state index contributed by atoms with van der Waals surface area (Å²) in [4.78, 5) is 59.1. The number of phosphoric acid groups is 1. The molecular weight excluding hydrogens is 820 g/mol. The van der Waals surface area contributed by atoms with Crippen LogP contribution in [0.1, 0.15) is 187 Å². The van der Waals surface area contributed by atoms with Crippen LogP contribution in [0.5, 0.6) is 0 Å². The van der Waals surface area contributed by atoms with Crippen LogP contribution in [-0.2, 0) is 37.5 Å². The number of allylic oxidation sites excluding steroid dienone is 2. The summed E-state index contributed by atoms with van der Waals surface area (Å²) in [5.41, 5.74) is 11.5. The van der Waals surface area contributed by atoms with E-state index in [0.717, 1.165) is 102 Å². The first-order chi connectivity index (χ1) is 29.5. The van der Waals surface area contributed by atoms with Gasteiger partial charge in [0.25, 0.3) is 0 Å². The molecule has 0 aliphatic carbocycles. The standard InChI is InChI=1S/C45H83N4O10PS/c1-2-3-4-5-6-7-8-9-10-11-12-13-17-20-23-30-42(51)56-34-37(35-58-60(54,55)57-33-32-46)59-43(52)31-24-21-18-15-14-16-19-22-27-38(47)40(50)28-25-26-29-41-44-39(36-61-41)48-45(53)49-44/h9-10,37-39,41,44H,2-8,11-36,46-47H2,1H3,(H,54,55)(H2,48,49,53)/b10-9-/t37?,38?,39-,41-,44-/m0/s1. The molecule has 0 spiro atoms. The van der Waals surface area contributed by atoms with E-state index in [0.29, 0.717) is 30.9 Å². The molecule has 0 radical (unpaired) electrons. The number of thioether (sulfide) groups is 1. The molecule has 2 heterocycles. The van der Waals surface area contributed by atoms with Gasteiger partial charge in [-0.2, -0.15) is 11.8 Å². The number of hydrogen-bond acceptors (Lipinski definition) is 12. The second kappa shape index (κ2) is 35.4. The Balaban J connectivity index is 1.50. The minimum absolute atomic E-state index is 0.0303. The van der Waals surface area contributed by atoms with Crippen molar-refractivity contribution in [3.05, 3.63) is 12.2 Å². The molecule has 0 bridgehead atoms. The average molecular weight is 903 g/mol. The molecule has 2 aliphatic rings. The number of Topliss-reactive ketones (excluding diaryl/α,β-unsaturated/α-hetero) is 1. The number of rotatable bonds is 41. The summed E-state index contributed by atoms with van der Waals surface area (Å²) in [5, 5.41) is 6.39. The summed E-state index contributed by atoms with van der Waals surface area (Å²) in [6.45, 7) is 1.34. The zero-order valence-electron chi connectivity index (χ0n) is 37.5. The first-order valence-electron chi connectivity index (χ1n) is 23.8. The van der Waals surface area contributed by atoms with Crippen LogP contribution < -0.4 is 22.1 Å². The van der Waals surface area contributed by atoms with E-state index in [1.807, 2.05) is 11.8 Å². The van der Waals surface area contributed by atoms with Crippen LogP contribution in [-0.4, -0.2) is 90.2 Å². The molecule has 0 saturated carbocycles. The molecule has 0 aromatic heterocycles. The number of hydrogen-bond donors (Lipinski definition) is 5. The molecule has 2 rings (SSSR count). The van der Waals surface area contributed by atoms with Gasteiger partial charge in [-0.1, -0.05) is 122 Å². The Labute approximate surface area is 371 Å². The van der Waals surface area contributed by atoms with Crippen LogP contribution in [0.25, 0.3) is 0 Å². The number of nitrogens with two attached hydrogens (primary N) is 2. The smallest absolute Gasteiger partial charge is 0.462 e. The topological polar surface area (TPSA) is 219 Å². The lowest BCUT2D eigenvalue weighted by Crippen LogP contribution is -2.36. The lowest BCUT2D eigenvalue weighted by molar-refractivity contribution is -0.161. The number of esters is 2. The Hall–Kier alpha value is -2.00. The summed E-state index contributed by atoms with van der Waals surface area (Å²) >= 11 is 1.90. The summed E-state index contributed by atoms with van der Waals surface area (Å²) in [6.07, 6.45) is 30.7. The number of nitrogens with one attached hydrogen (secondary N) is 2. The van der Waals surface area contributed by atoms with Crippen molar-refractivity contribution in [3.63, 3.8) is 0 Å². The highest BCUT2D eigenvalue weighted by atomic mass is 32.2. The van der Waals surface area contributed by atoms with Crippen molar-refractivity contribution < 1.29 is 47.2 Å². The van der Waals surface area contributed by atoms with E-state index in [-0.39, 0.29) is 56.5 Å². The largest absolute Gasteiger partial charge is 0.472 e. The molecule has 61 heavy (non-hydrogen) atoms. The SMILES string of the molecule is CCCCCCCC/C=C\CCCCCCCC(=O)OCC(COP(=O)(O)OCCN)OC(=O)CCCCCCCCCCC(N)C(=O)CCCC[C@@H]1SC[C@@H]2NC(=O)N[C@@H]21. The highest BCUT2D eigenvalue weighted by Crippen LogP contribution is 2.43. The van der Waals surface area contributed by atoms with Gasteiger partial charge in [0, 0.05) is 36.8 Å². The average Bonchev–Trinajstić information content (AvgIpc) is 3.80. The van der Waals surface area contributed by atoms with Gasteiger partial charge in [-0.05, 0) is 57.8 Å². The third-order valence-corrected chi connectivity index (χ3v) is 13.8. The van der Waals surface area contributed by atoms with E-state index in [4.69, 9.17) is 30.0 Å². The monoisotopic (exact) mass is 903 g/mol. The number of amides is 2. The van der Waals surface area contributed by atoms with E-state index in [1.54, 1.807) is 0 Å². The van der Waals surface area contributed by atoms with E-state index in [1.165, 1.54) is 44.9 Å². The third-order valence-electron chi connectivity index (χ3n) is 11.3. The summed E-state index contributed by atoms with van der Waals surface area (Å²) in [6, 6.07) is -0.0441. The Kier molecular flexibility index (Phi) is 32.0. The van der Waals surface area contributed by atoms with Crippen LogP contribution in [0.3, 0.4) is 0 Å². The van der Waals surface area contributed by atoms with Crippen molar-refractivity contribution >= 4 is 43.3 Å². The molecule has 16 heteroatoms. The number of carbonyl (C=O) groups is 4. The van der Waals surface area contributed by atoms with E-state index < -0.39 is 38.5 Å². The highest BCUT2D eigenvalue weighted by Gasteiger charge is 2.42. The fourth-order valence-electron chi connectivity index (χ4n) is 7.67. The number of ketones is 1. The van der Waals surface area contributed by atoms with Gasteiger partial charge in [0.05, 0.1) is 31.3 Å². The summed E-state index contributed by atoms with van der Waals surface area (Å²) < 4.78 is 32.8. The Bertz CT molecular complexity index is 1280. The molecule has 2 amide bonds. The van der Waals surface area contributed by atoms with Crippen molar-refractivity contribution in [2.45, 2.75) is 216 Å². The van der Waals surface area contributed by atoms with Gasteiger partial charge in [0.2, 0.25) is 0 Å². The number of phosphoric ester groups is 1. The maximum atomic E-state index is 12.7. The van der Waals surface area contributed by atoms with E-state index >= 15 is 0 Å². The molecule has 354 valence electrons. The fourth-order valence-corrected chi connectivity index (χ4v) is 9.98. The second-order valence-corrected chi connectivity index (χ2v) is 19.5. The van der Waals surface area contributed by atoms with Gasteiger partial charge < -0.3 is 36.5 Å². The summed E-state index contributed by atoms with van der Waals surface area (Å²) in [5.74, 6) is 0.173. The lowest BCUT2D eigenvalue weighted by Gasteiger charge is -2.19. The van der Waals surface area contributed by atoms with Crippen LogP contribution in [0, 0.1) is 0 Å². The summed E-state index contributed by atoms with van der Waals surface area (Å²) in [7, 11) is -4.42. The maximum absolute atomic E-state index is 12.7. The number of urea groups is 1. The van der Waals surface area contributed by atoms with E-state index in [9.17, 15) is 28.6 Å². The number of unbranched alkanes of at least 4 members (excludes halogenated alkanes) is 19. The normalized spacial score (nSPS) is 19.3. The van der Waals surface area contributed by atoms with Crippen LogP contribution >= 0.6 is 19.6 Å². The fraction of sp³-hybridized carbons (Fsp3) is 0.867. The van der Waals surface area contributed by atoms with Crippen molar-refractivity contribution in [2.75, 3.05) is 32.1 Å². The van der Waals surface area contributed by atoms with Crippen molar-refractivity contribution in [1.29, 1.82) is 0 Å². The van der Waals surface area contributed by atoms with Crippen LogP contribution in [0.15, 0.2) is 12.2 Å². The van der Waals surface area contributed by atoms with Gasteiger partial charge in [0.1, 0.15) is 12.4 Å². The van der Waals surface area contributed by atoms with Crippen LogP contribution in [0.4, 0.5) is 4.79 Å². The first-order valence-corrected chi connectivity index (χ1v) is 26.4. The Morgan fingerprint density at radius 1 is 0.770 bits per heavy atom. The van der Waals surface area contributed by atoms with Crippen molar-refractivity contribution in [3.8, 4) is 0 Å². The van der Waals surface area contributed by atoms with Gasteiger partial charge in [0.15, 0.2) is 6.10 Å². The van der Waals surface area contributed by atoms with Crippen LogP contribution in [0.2, 0.25) is 0 Å². The molecule has 2 saturated heterocycles. The van der Waals surface area contributed by atoms with Gasteiger partial charge in [-0.15, -0.1) is 0 Å². The molecule has 7 N–H and O–H groups in total. The van der Waals surface area contributed by atoms with Gasteiger partial charge in [-0.25, -0.2) is 9.36 Å².